The van der Waals surface area contributed by atoms with Crippen molar-refractivity contribution in [1.29, 1.82) is 0 Å². The fraction of sp³-hybridized carbons (Fsp3) is 0.647. The molecule has 1 unspecified atom stereocenters. The van der Waals surface area contributed by atoms with Gasteiger partial charge in [-0.25, -0.2) is 4.98 Å². The molecule has 1 amide bonds. The average molecular weight is 379 g/mol. The monoisotopic (exact) mass is 378 g/mol. The zero-order chi connectivity index (χ0) is 16.4. The number of hydrogen-bond donors (Lipinski definition) is 2. The van der Waals surface area contributed by atoms with Crippen molar-refractivity contribution < 1.29 is 4.79 Å². The van der Waals surface area contributed by atoms with Crippen LogP contribution in [0.5, 0.6) is 0 Å². The van der Waals surface area contributed by atoms with Gasteiger partial charge in [0.25, 0.3) is 5.91 Å². The van der Waals surface area contributed by atoms with Crippen LogP contribution >= 0.6 is 24.8 Å². The summed E-state index contributed by atoms with van der Waals surface area (Å²) in [5.41, 5.74) is 6.31. The van der Waals surface area contributed by atoms with Crippen LogP contribution in [0.3, 0.4) is 0 Å². The van der Waals surface area contributed by atoms with Gasteiger partial charge in [-0.1, -0.05) is 26.7 Å². The smallest absolute Gasteiger partial charge is 0.253 e. The second kappa shape index (κ2) is 14.3. The van der Waals surface area contributed by atoms with Gasteiger partial charge in [0.2, 0.25) is 0 Å². The molecule has 0 aromatic carbocycles. The zero-order valence-electron chi connectivity index (χ0n) is 15.0. The van der Waals surface area contributed by atoms with Gasteiger partial charge in [0.05, 0.1) is 5.56 Å². The second-order valence-electron chi connectivity index (χ2n) is 5.53. The molecular formula is C17H32Cl2N4O. The first-order valence-corrected chi connectivity index (χ1v) is 8.38. The summed E-state index contributed by atoms with van der Waals surface area (Å²) in [5.74, 6) is 0.825. The van der Waals surface area contributed by atoms with Crippen LogP contribution in [0.15, 0.2) is 18.3 Å². The number of unbranched alkanes of at least 4 members (excludes halogenated alkanes) is 1. The summed E-state index contributed by atoms with van der Waals surface area (Å²) >= 11 is 0. The van der Waals surface area contributed by atoms with Crippen LogP contribution in [0.25, 0.3) is 0 Å². The summed E-state index contributed by atoms with van der Waals surface area (Å²) in [6, 6.07) is 3.79. The number of anilines is 1. The summed E-state index contributed by atoms with van der Waals surface area (Å²) in [4.78, 5) is 18.9. The molecule has 1 rings (SSSR count). The molecule has 5 nitrogen and oxygen atoms in total. The van der Waals surface area contributed by atoms with Crippen LogP contribution < -0.4 is 16.0 Å². The number of aromatic nitrogens is 1. The Labute approximate surface area is 158 Å². The van der Waals surface area contributed by atoms with Crippen molar-refractivity contribution in [3.8, 4) is 0 Å². The molecule has 0 aliphatic rings. The fourth-order valence-corrected chi connectivity index (χ4v) is 2.38. The molecule has 0 aliphatic heterocycles. The fourth-order valence-electron chi connectivity index (χ4n) is 2.38. The lowest BCUT2D eigenvalue weighted by atomic mass is 10.1. The van der Waals surface area contributed by atoms with E-state index in [1.54, 1.807) is 6.20 Å². The van der Waals surface area contributed by atoms with Gasteiger partial charge in [0.1, 0.15) is 5.82 Å². The molecule has 24 heavy (non-hydrogen) atoms. The molecule has 1 heterocycles. The largest absolute Gasteiger partial charge is 0.357 e. The van der Waals surface area contributed by atoms with Gasteiger partial charge in [-0.3, -0.25) is 4.79 Å². The molecule has 1 aromatic rings. The Hall–Kier alpha value is -1.04. The molecule has 1 aromatic heterocycles. The molecule has 0 spiro atoms. The predicted molar refractivity (Wildman–Crippen MR) is 107 cm³/mol. The van der Waals surface area contributed by atoms with E-state index in [0.717, 1.165) is 44.6 Å². The van der Waals surface area contributed by atoms with E-state index >= 15 is 0 Å². The van der Waals surface area contributed by atoms with Gasteiger partial charge in [-0.2, -0.15) is 0 Å². The third kappa shape index (κ3) is 8.18. The number of pyridine rings is 1. The number of hydrogen-bond acceptors (Lipinski definition) is 4. The van der Waals surface area contributed by atoms with E-state index in [0.29, 0.717) is 12.1 Å². The zero-order valence-corrected chi connectivity index (χ0v) is 16.6. The molecule has 1 atom stereocenters. The predicted octanol–water partition coefficient (Wildman–Crippen LogP) is 3.41. The van der Waals surface area contributed by atoms with Crippen molar-refractivity contribution in [2.45, 2.75) is 52.5 Å². The number of amides is 1. The van der Waals surface area contributed by atoms with E-state index in [1.807, 2.05) is 12.1 Å². The molecule has 0 saturated carbocycles. The first-order chi connectivity index (χ1) is 10.7. The Balaban J connectivity index is 0. The summed E-state index contributed by atoms with van der Waals surface area (Å²) in [7, 11) is 0. The number of nitrogens with one attached hydrogen (secondary N) is 1. The Kier molecular flexibility index (Phi) is 15.0. The van der Waals surface area contributed by atoms with Gasteiger partial charge >= 0.3 is 0 Å². The lowest BCUT2D eigenvalue weighted by Crippen LogP contribution is -2.40. The highest BCUT2D eigenvalue weighted by Crippen LogP contribution is 2.12. The normalized spacial score (nSPS) is 11.0. The standard InChI is InChI=1S/C17H30N4O.2ClH/c1-4-7-8-15(12-18)20-17(22)14-9-10-16(19-13-14)21(6-3)11-5-2;;/h9-10,13,15H,4-8,11-12,18H2,1-3H3,(H,20,22);2*1H. The Morgan fingerprint density at radius 1 is 1.25 bits per heavy atom. The Morgan fingerprint density at radius 3 is 2.42 bits per heavy atom. The van der Waals surface area contributed by atoms with E-state index in [2.05, 4.69) is 36.0 Å². The summed E-state index contributed by atoms with van der Waals surface area (Å²) in [6.07, 6.45) is 5.82. The van der Waals surface area contributed by atoms with Crippen molar-refractivity contribution in [2.75, 3.05) is 24.5 Å². The highest BCUT2D eigenvalue weighted by Gasteiger charge is 2.13. The minimum absolute atomic E-state index is 0. The van der Waals surface area contributed by atoms with Gasteiger partial charge in [-0.15, -0.1) is 24.8 Å². The Morgan fingerprint density at radius 2 is 1.96 bits per heavy atom. The average Bonchev–Trinajstić information content (AvgIpc) is 2.56. The van der Waals surface area contributed by atoms with Gasteiger partial charge in [-0.05, 0) is 31.9 Å². The molecule has 0 aliphatic carbocycles. The molecule has 0 bridgehead atoms. The maximum absolute atomic E-state index is 12.2. The first-order valence-electron chi connectivity index (χ1n) is 8.38. The van der Waals surface area contributed by atoms with E-state index in [9.17, 15) is 4.79 Å². The van der Waals surface area contributed by atoms with E-state index in [1.165, 1.54) is 0 Å². The maximum Gasteiger partial charge on any atom is 0.253 e. The van der Waals surface area contributed by atoms with Crippen molar-refractivity contribution in [3.63, 3.8) is 0 Å². The van der Waals surface area contributed by atoms with Crippen molar-refractivity contribution in [1.82, 2.24) is 10.3 Å². The second-order valence-corrected chi connectivity index (χ2v) is 5.53. The SMILES string of the molecule is CCCCC(CN)NC(=O)c1ccc(N(CC)CCC)nc1.Cl.Cl. The minimum atomic E-state index is -0.0934. The quantitative estimate of drug-likeness (QED) is 0.654. The highest BCUT2D eigenvalue weighted by atomic mass is 35.5. The number of rotatable bonds is 10. The molecule has 7 heteroatoms. The number of nitrogens with zero attached hydrogens (tertiary/aromatic N) is 2. The molecule has 3 N–H and O–H groups in total. The lowest BCUT2D eigenvalue weighted by Gasteiger charge is -2.21. The summed E-state index contributed by atoms with van der Waals surface area (Å²) < 4.78 is 0. The maximum atomic E-state index is 12.2. The first kappa shape index (κ1) is 25.2. The number of carbonyl (C=O) groups excluding carboxylic acids is 1. The van der Waals surface area contributed by atoms with Gasteiger partial charge in [0.15, 0.2) is 0 Å². The van der Waals surface area contributed by atoms with Crippen molar-refractivity contribution in [3.05, 3.63) is 23.9 Å². The molecule has 0 fully saturated rings. The molecular weight excluding hydrogens is 347 g/mol. The summed E-state index contributed by atoms with van der Waals surface area (Å²) in [5, 5.41) is 2.99. The van der Waals surface area contributed by atoms with E-state index in [4.69, 9.17) is 5.73 Å². The van der Waals surface area contributed by atoms with E-state index in [-0.39, 0.29) is 36.8 Å². The third-order valence-corrected chi connectivity index (χ3v) is 3.74. The van der Waals surface area contributed by atoms with Gasteiger partial charge in [0, 0.05) is 31.9 Å². The summed E-state index contributed by atoms with van der Waals surface area (Å²) in [6.45, 7) is 8.75. The number of halogens is 2. The number of nitrogens with two attached hydrogens (primary N) is 1. The Bertz CT molecular complexity index is 443. The molecule has 0 radical (unpaired) electrons. The van der Waals surface area contributed by atoms with Crippen LogP contribution in [0.4, 0.5) is 5.82 Å². The van der Waals surface area contributed by atoms with Crippen molar-refractivity contribution >= 4 is 36.5 Å². The van der Waals surface area contributed by atoms with Crippen LogP contribution in [-0.2, 0) is 0 Å². The van der Waals surface area contributed by atoms with Crippen molar-refractivity contribution in [2.24, 2.45) is 5.73 Å². The van der Waals surface area contributed by atoms with Crippen LogP contribution in [0.1, 0.15) is 56.8 Å². The minimum Gasteiger partial charge on any atom is -0.357 e. The van der Waals surface area contributed by atoms with Gasteiger partial charge < -0.3 is 16.0 Å². The lowest BCUT2D eigenvalue weighted by molar-refractivity contribution is 0.0935. The topological polar surface area (TPSA) is 71.2 Å². The highest BCUT2D eigenvalue weighted by molar-refractivity contribution is 5.94. The van der Waals surface area contributed by atoms with Crippen LogP contribution in [0, 0.1) is 0 Å². The van der Waals surface area contributed by atoms with Crippen LogP contribution in [-0.4, -0.2) is 36.6 Å². The number of carbonyl (C=O) groups is 1. The third-order valence-electron chi connectivity index (χ3n) is 3.74. The van der Waals surface area contributed by atoms with E-state index < -0.39 is 0 Å². The van der Waals surface area contributed by atoms with Crippen LogP contribution in [0.2, 0.25) is 0 Å². The molecule has 140 valence electrons. The molecule has 0 saturated heterocycles.